The molecule has 0 unspecified atom stereocenters. The summed E-state index contributed by atoms with van der Waals surface area (Å²) in [6.07, 6.45) is 2.63. The van der Waals surface area contributed by atoms with E-state index in [0.717, 1.165) is 12.0 Å². The molecule has 0 fully saturated rings. The van der Waals surface area contributed by atoms with Gasteiger partial charge in [0.1, 0.15) is 0 Å². The number of nitrogens with one attached hydrogen (secondary N) is 1. The van der Waals surface area contributed by atoms with Gasteiger partial charge in [-0.3, -0.25) is 9.59 Å². The summed E-state index contributed by atoms with van der Waals surface area (Å²) in [6.45, 7) is 5.11. The molecule has 0 aromatic carbocycles. The predicted octanol–water partition coefficient (Wildman–Crippen LogP) is 2.05. The number of hydrogen-bond acceptors (Lipinski definition) is 3. The quantitative estimate of drug-likeness (QED) is 0.664. The Labute approximate surface area is 105 Å². The van der Waals surface area contributed by atoms with Gasteiger partial charge in [0.15, 0.2) is 17.9 Å². The maximum atomic E-state index is 11.5. The summed E-state index contributed by atoms with van der Waals surface area (Å²) in [5, 5.41) is 0. The Balaban J connectivity index is 2.71. The Morgan fingerprint density at radius 3 is 2.56 bits per heavy atom. The van der Waals surface area contributed by atoms with Gasteiger partial charge >= 0.3 is 0 Å². The topological polar surface area (TPSA) is 67.8 Å². The second-order valence-corrected chi connectivity index (χ2v) is 4.40. The van der Waals surface area contributed by atoms with Gasteiger partial charge in [-0.25, -0.2) is 4.98 Å². The van der Waals surface area contributed by atoms with E-state index in [4.69, 9.17) is 0 Å². The molecule has 0 spiro atoms. The fourth-order valence-electron chi connectivity index (χ4n) is 2.13. The van der Waals surface area contributed by atoms with Crippen molar-refractivity contribution in [1.82, 2.24) is 14.5 Å². The van der Waals surface area contributed by atoms with Gasteiger partial charge in [0.05, 0.1) is 17.1 Å². The number of hydrogen-bond donors (Lipinski definition) is 1. The summed E-state index contributed by atoms with van der Waals surface area (Å²) in [5.74, 6) is 0.568. The third-order valence-electron chi connectivity index (χ3n) is 2.99. The van der Waals surface area contributed by atoms with Crippen molar-refractivity contribution in [1.29, 1.82) is 0 Å². The van der Waals surface area contributed by atoms with E-state index < -0.39 is 0 Å². The van der Waals surface area contributed by atoms with Crippen LogP contribution < -0.4 is 0 Å². The summed E-state index contributed by atoms with van der Waals surface area (Å²) in [7, 11) is 1.85. The van der Waals surface area contributed by atoms with Crippen LogP contribution >= 0.6 is 0 Å². The van der Waals surface area contributed by atoms with E-state index in [1.807, 2.05) is 24.7 Å². The molecule has 18 heavy (non-hydrogen) atoms. The zero-order chi connectivity index (χ0) is 13.4. The number of carbonyl (C=O) groups is 2. The van der Waals surface area contributed by atoms with E-state index in [1.54, 1.807) is 6.92 Å². The van der Waals surface area contributed by atoms with E-state index in [1.165, 1.54) is 6.92 Å². The normalized spacial score (nSPS) is 10.7. The lowest BCUT2D eigenvalue weighted by Crippen LogP contribution is -1.96. The van der Waals surface area contributed by atoms with E-state index in [0.29, 0.717) is 28.3 Å². The zero-order valence-corrected chi connectivity index (χ0v) is 10.9. The van der Waals surface area contributed by atoms with Crippen LogP contribution in [0.5, 0.6) is 0 Å². The molecule has 0 saturated heterocycles. The van der Waals surface area contributed by atoms with E-state index >= 15 is 0 Å². The highest BCUT2D eigenvalue weighted by Gasteiger charge is 2.20. The Hall–Kier alpha value is -2.17. The number of imidazole rings is 1. The minimum atomic E-state index is -0.0900. The number of nitrogens with zero attached hydrogens (tertiary/aromatic N) is 2. The minimum Gasteiger partial charge on any atom is -0.349 e. The number of H-pyrrole nitrogens is 1. The highest BCUT2D eigenvalue weighted by atomic mass is 16.1. The van der Waals surface area contributed by atoms with Crippen LogP contribution in [0, 0.1) is 13.8 Å². The SMILES string of the molecule is CC(=O)c1[nH]c(-c2nc(C)cn2C)c(C=O)c1C. The van der Waals surface area contributed by atoms with Crippen LogP contribution in [0.15, 0.2) is 6.20 Å². The Morgan fingerprint density at radius 1 is 1.44 bits per heavy atom. The van der Waals surface area contributed by atoms with E-state index in [-0.39, 0.29) is 5.78 Å². The number of aldehydes is 1. The molecule has 0 atom stereocenters. The van der Waals surface area contributed by atoms with Crippen molar-refractivity contribution in [2.75, 3.05) is 0 Å². The second-order valence-electron chi connectivity index (χ2n) is 4.40. The van der Waals surface area contributed by atoms with Crippen LogP contribution in [0.1, 0.15) is 39.0 Å². The highest BCUT2D eigenvalue weighted by molar-refractivity contribution is 5.99. The zero-order valence-electron chi connectivity index (χ0n) is 10.9. The van der Waals surface area contributed by atoms with E-state index in [2.05, 4.69) is 9.97 Å². The predicted molar refractivity (Wildman–Crippen MR) is 67.9 cm³/mol. The number of aromatic amines is 1. The van der Waals surface area contributed by atoms with Gasteiger partial charge in [-0.05, 0) is 19.4 Å². The first kappa shape index (κ1) is 12.3. The fourth-order valence-corrected chi connectivity index (χ4v) is 2.13. The van der Waals surface area contributed by atoms with Crippen molar-refractivity contribution in [2.45, 2.75) is 20.8 Å². The standard InChI is InChI=1S/C13H15N3O2/c1-7-5-16(4)13(14-7)12-10(6-17)8(2)11(15-12)9(3)18/h5-6,15H,1-4H3. The van der Waals surface area contributed by atoms with Crippen molar-refractivity contribution < 1.29 is 9.59 Å². The Kier molecular flexibility index (Phi) is 2.90. The molecule has 2 aromatic heterocycles. The first-order valence-corrected chi connectivity index (χ1v) is 5.64. The van der Waals surface area contributed by atoms with Crippen LogP contribution in [0.2, 0.25) is 0 Å². The molecule has 0 amide bonds. The largest absolute Gasteiger partial charge is 0.349 e. The minimum absolute atomic E-state index is 0.0900. The molecular formula is C13H15N3O2. The number of ketones is 1. The van der Waals surface area contributed by atoms with Crippen molar-refractivity contribution in [3.8, 4) is 11.5 Å². The molecule has 0 aliphatic heterocycles. The molecule has 5 heteroatoms. The van der Waals surface area contributed by atoms with Crippen LogP contribution in [0.25, 0.3) is 11.5 Å². The summed E-state index contributed by atoms with van der Waals surface area (Å²) in [5.41, 5.74) is 3.10. The molecule has 5 nitrogen and oxygen atoms in total. The first-order chi connectivity index (χ1) is 8.45. The third kappa shape index (κ3) is 1.77. The second kappa shape index (κ2) is 4.25. The highest BCUT2D eigenvalue weighted by Crippen LogP contribution is 2.26. The summed E-state index contributed by atoms with van der Waals surface area (Å²) in [6, 6.07) is 0. The number of rotatable bonds is 3. The fraction of sp³-hybridized carbons (Fsp3) is 0.308. The number of carbonyl (C=O) groups excluding carboxylic acids is 2. The summed E-state index contributed by atoms with van der Waals surface area (Å²) < 4.78 is 1.83. The monoisotopic (exact) mass is 245 g/mol. The molecule has 1 N–H and O–H groups in total. The molecule has 2 aromatic rings. The Bertz CT molecular complexity index is 635. The number of aromatic nitrogens is 3. The van der Waals surface area contributed by atoms with Crippen LogP contribution in [-0.2, 0) is 7.05 Å². The number of Topliss-reactive ketones (excluding diaryl/α,β-unsaturated/α-hetero) is 1. The summed E-state index contributed by atoms with van der Waals surface area (Å²) in [4.78, 5) is 30.1. The van der Waals surface area contributed by atoms with Gasteiger partial charge in [0.2, 0.25) is 0 Å². The van der Waals surface area contributed by atoms with Gasteiger partial charge in [-0.1, -0.05) is 0 Å². The van der Waals surface area contributed by atoms with Crippen molar-refractivity contribution in [2.24, 2.45) is 7.05 Å². The Morgan fingerprint density at radius 2 is 2.11 bits per heavy atom. The molecule has 0 aliphatic carbocycles. The van der Waals surface area contributed by atoms with Gasteiger partial charge in [0.25, 0.3) is 0 Å². The number of aryl methyl sites for hydroxylation is 2. The molecule has 94 valence electrons. The average molecular weight is 245 g/mol. The lowest BCUT2D eigenvalue weighted by molar-refractivity contribution is 0.101. The van der Waals surface area contributed by atoms with Gasteiger partial charge in [-0.2, -0.15) is 0 Å². The first-order valence-electron chi connectivity index (χ1n) is 5.64. The molecule has 0 saturated carbocycles. The smallest absolute Gasteiger partial charge is 0.176 e. The maximum Gasteiger partial charge on any atom is 0.176 e. The lowest BCUT2D eigenvalue weighted by Gasteiger charge is -1.99. The molecule has 0 bridgehead atoms. The van der Waals surface area contributed by atoms with Crippen molar-refractivity contribution >= 4 is 12.1 Å². The van der Waals surface area contributed by atoms with Gasteiger partial charge in [0, 0.05) is 25.7 Å². The lowest BCUT2D eigenvalue weighted by atomic mass is 10.1. The van der Waals surface area contributed by atoms with Gasteiger partial charge in [-0.15, -0.1) is 0 Å². The molecular weight excluding hydrogens is 230 g/mol. The van der Waals surface area contributed by atoms with Gasteiger partial charge < -0.3 is 9.55 Å². The molecule has 0 radical (unpaired) electrons. The van der Waals surface area contributed by atoms with Crippen molar-refractivity contribution in [3.63, 3.8) is 0 Å². The van der Waals surface area contributed by atoms with E-state index in [9.17, 15) is 9.59 Å². The average Bonchev–Trinajstić information content (AvgIpc) is 2.78. The van der Waals surface area contributed by atoms with Crippen LogP contribution in [0.3, 0.4) is 0 Å². The molecule has 2 heterocycles. The molecule has 0 aliphatic rings. The van der Waals surface area contributed by atoms with Crippen molar-refractivity contribution in [3.05, 3.63) is 28.7 Å². The third-order valence-corrected chi connectivity index (χ3v) is 2.99. The molecule has 2 rings (SSSR count). The van der Waals surface area contributed by atoms with Crippen LogP contribution in [0.4, 0.5) is 0 Å². The van der Waals surface area contributed by atoms with Crippen LogP contribution in [-0.4, -0.2) is 26.6 Å². The maximum absolute atomic E-state index is 11.5. The summed E-state index contributed by atoms with van der Waals surface area (Å²) >= 11 is 0.